The Bertz CT molecular complexity index is 988. The fourth-order valence-corrected chi connectivity index (χ4v) is 5.40. The van der Waals surface area contributed by atoms with Gasteiger partial charge in [0.1, 0.15) is 5.00 Å². The molecule has 0 unspecified atom stereocenters. The second-order valence-electron chi connectivity index (χ2n) is 8.00. The van der Waals surface area contributed by atoms with E-state index in [1.165, 1.54) is 11.3 Å². The molecule has 154 valence electrons. The molecule has 5 nitrogen and oxygen atoms in total. The molecule has 1 amide bonds. The van der Waals surface area contributed by atoms with Crippen LogP contribution in [0.1, 0.15) is 60.7 Å². The van der Waals surface area contributed by atoms with Crippen molar-refractivity contribution in [1.82, 2.24) is 10.1 Å². The number of alkyl halides is 3. The van der Waals surface area contributed by atoms with E-state index in [2.05, 4.69) is 15.5 Å². The molecule has 2 heterocycles. The van der Waals surface area contributed by atoms with Crippen LogP contribution < -0.4 is 5.32 Å². The van der Waals surface area contributed by atoms with Crippen molar-refractivity contribution in [3.8, 4) is 11.5 Å². The Morgan fingerprint density at radius 2 is 2.07 bits per heavy atom. The van der Waals surface area contributed by atoms with Crippen molar-refractivity contribution >= 4 is 22.2 Å². The SMILES string of the molecule is O=C(Nc1sc2c(c1-c1nc(C3CC3)no1)CC[C@@H](C(F)(F)F)C2)C1=CCCC1. The number of fused-ring (bicyclic) bond motifs is 1. The summed E-state index contributed by atoms with van der Waals surface area (Å²) in [5.74, 6) is -0.313. The number of allylic oxidation sites excluding steroid dienone is 1. The van der Waals surface area contributed by atoms with E-state index in [1.54, 1.807) is 0 Å². The lowest BCUT2D eigenvalue weighted by Gasteiger charge is -2.24. The van der Waals surface area contributed by atoms with Crippen molar-refractivity contribution in [2.24, 2.45) is 5.92 Å². The van der Waals surface area contributed by atoms with Crippen molar-refractivity contribution < 1.29 is 22.5 Å². The lowest BCUT2D eigenvalue weighted by atomic mass is 9.86. The molecule has 1 N–H and O–H groups in total. The topological polar surface area (TPSA) is 68.0 Å². The summed E-state index contributed by atoms with van der Waals surface area (Å²) in [6.07, 6.45) is 2.51. The molecular weight excluding hydrogens is 403 g/mol. The highest BCUT2D eigenvalue weighted by molar-refractivity contribution is 7.17. The van der Waals surface area contributed by atoms with Crippen molar-refractivity contribution in [2.45, 2.75) is 63.5 Å². The van der Waals surface area contributed by atoms with Crippen molar-refractivity contribution in [3.63, 3.8) is 0 Å². The molecule has 0 bridgehead atoms. The molecule has 9 heteroatoms. The minimum atomic E-state index is -4.22. The third-order valence-electron chi connectivity index (χ3n) is 5.89. The first-order valence-electron chi connectivity index (χ1n) is 9.95. The Balaban J connectivity index is 1.51. The number of halogens is 3. The zero-order valence-electron chi connectivity index (χ0n) is 15.6. The van der Waals surface area contributed by atoms with Crippen LogP contribution >= 0.6 is 11.3 Å². The molecule has 0 aliphatic heterocycles. The Hall–Kier alpha value is -2.16. The van der Waals surface area contributed by atoms with Gasteiger partial charge in [0.2, 0.25) is 0 Å². The summed E-state index contributed by atoms with van der Waals surface area (Å²) in [6, 6.07) is 0. The predicted octanol–water partition coefficient (Wildman–Crippen LogP) is 5.39. The van der Waals surface area contributed by atoms with Crippen LogP contribution in [0, 0.1) is 5.92 Å². The molecule has 0 saturated heterocycles. The summed E-state index contributed by atoms with van der Waals surface area (Å²) in [7, 11) is 0. The Morgan fingerprint density at radius 3 is 2.76 bits per heavy atom. The smallest absolute Gasteiger partial charge is 0.334 e. The van der Waals surface area contributed by atoms with Gasteiger partial charge in [0, 0.05) is 16.4 Å². The van der Waals surface area contributed by atoms with Crippen LogP contribution in [0.25, 0.3) is 11.5 Å². The van der Waals surface area contributed by atoms with Crippen molar-refractivity contribution in [3.05, 3.63) is 27.9 Å². The minimum Gasteiger partial charge on any atom is -0.334 e. The van der Waals surface area contributed by atoms with E-state index < -0.39 is 12.1 Å². The fourth-order valence-electron chi connectivity index (χ4n) is 4.08. The molecule has 0 radical (unpaired) electrons. The molecule has 29 heavy (non-hydrogen) atoms. The summed E-state index contributed by atoms with van der Waals surface area (Å²) < 4.78 is 45.3. The number of rotatable bonds is 4. The van der Waals surface area contributed by atoms with Crippen LogP contribution in [0.15, 0.2) is 16.2 Å². The number of anilines is 1. The first-order chi connectivity index (χ1) is 13.9. The lowest BCUT2D eigenvalue weighted by Crippen LogP contribution is -2.28. The van der Waals surface area contributed by atoms with Crippen LogP contribution in [0.2, 0.25) is 0 Å². The Labute approximate surface area is 169 Å². The maximum absolute atomic E-state index is 13.3. The first-order valence-corrected chi connectivity index (χ1v) is 10.8. The zero-order valence-corrected chi connectivity index (χ0v) is 16.5. The molecule has 3 aliphatic rings. The third kappa shape index (κ3) is 3.60. The van der Waals surface area contributed by atoms with Gasteiger partial charge in [0.25, 0.3) is 11.8 Å². The predicted molar refractivity (Wildman–Crippen MR) is 102 cm³/mol. The van der Waals surface area contributed by atoms with Gasteiger partial charge in [-0.3, -0.25) is 4.79 Å². The van der Waals surface area contributed by atoms with Crippen molar-refractivity contribution in [2.75, 3.05) is 5.32 Å². The van der Waals surface area contributed by atoms with E-state index in [9.17, 15) is 18.0 Å². The normalized spacial score (nSPS) is 21.8. The molecular formula is C20H20F3N3O2S. The number of carbonyl (C=O) groups excluding carboxylic acids is 1. The summed E-state index contributed by atoms with van der Waals surface area (Å²) in [5, 5.41) is 7.48. The number of carbonyl (C=O) groups is 1. The van der Waals surface area contributed by atoms with Gasteiger partial charge >= 0.3 is 6.18 Å². The summed E-state index contributed by atoms with van der Waals surface area (Å²) in [4.78, 5) is 17.8. The monoisotopic (exact) mass is 423 g/mol. The van der Waals surface area contributed by atoms with Gasteiger partial charge in [-0.15, -0.1) is 11.3 Å². The molecule has 1 saturated carbocycles. The number of amides is 1. The maximum Gasteiger partial charge on any atom is 0.392 e. The zero-order chi connectivity index (χ0) is 20.2. The molecule has 1 atom stereocenters. The van der Waals surface area contributed by atoms with Gasteiger partial charge in [-0.25, -0.2) is 0 Å². The maximum atomic E-state index is 13.3. The molecule has 5 rings (SSSR count). The van der Waals surface area contributed by atoms with Crippen LogP contribution in [-0.2, 0) is 17.6 Å². The second-order valence-corrected chi connectivity index (χ2v) is 9.10. The van der Waals surface area contributed by atoms with E-state index in [0.29, 0.717) is 33.1 Å². The van der Waals surface area contributed by atoms with E-state index in [1.807, 2.05) is 6.08 Å². The molecule has 0 aromatic carbocycles. The van der Waals surface area contributed by atoms with Gasteiger partial charge in [-0.1, -0.05) is 11.2 Å². The number of aromatic nitrogens is 2. The number of nitrogens with zero attached hydrogens (tertiary/aromatic N) is 2. The first kappa shape index (κ1) is 18.8. The standard InChI is InChI=1S/C20H20F3N3O2S/c21-20(22,23)12-7-8-13-14(9-12)29-19(25-17(27)11-3-1-2-4-11)15(13)18-24-16(26-28-18)10-5-6-10/h3,10,12H,1-2,4-9H2,(H,25,27)/t12-/m1/s1. The van der Waals surface area contributed by atoms with Gasteiger partial charge in [0.05, 0.1) is 11.5 Å². The van der Waals surface area contributed by atoms with E-state index in [-0.39, 0.29) is 25.2 Å². The van der Waals surface area contributed by atoms with Crippen LogP contribution in [0.3, 0.4) is 0 Å². The fraction of sp³-hybridized carbons (Fsp3) is 0.550. The summed E-state index contributed by atoms with van der Waals surface area (Å²) >= 11 is 1.21. The number of thiophene rings is 1. The molecule has 2 aromatic rings. The van der Waals surface area contributed by atoms with Gasteiger partial charge in [0.15, 0.2) is 5.82 Å². The minimum absolute atomic E-state index is 0.0302. The molecule has 0 spiro atoms. The summed E-state index contributed by atoms with van der Waals surface area (Å²) in [6.45, 7) is 0. The molecule has 1 fully saturated rings. The average molecular weight is 423 g/mol. The van der Waals surface area contributed by atoms with Crippen molar-refractivity contribution in [1.29, 1.82) is 0 Å². The number of hydrogen-bond donors (Lipinski definition) is 1. The lowest BCUT2D eigenvalue weighted by molar-refractivity contribution is -0.176. The quantitative estimate of drug-likeness (QED) is 0.716. The Kier molecular flexibility index (Phi) is 4.53. The van der Waals surface area contributed by atoms with E-state index >= 15 is 0 Å². The van der Waals surface area contributed by atoms with E-state index in [4.69, 9.17) is 4.52 Å². The largest absolute Gasteiger partial charge is 0.392 e. The Morgan fingerprint density at radius 1 is 1.24 bits per heavy atom. The van der Waals surface area contributed by atoms with E-state index in [0.717, 1.165) is 43.2 Å². The number of nitrogens with one attached hydrogen (secondary N) is 1. The molecule has 2 aromatic heterocycles. The highest BCUT2D eigenvalue weighted by Gasteiger charge is 2.43. The number of hydrogen-bond acceptors (Lipinski definition) is 5. The molecule has 3 aliphatic carbocycles. The average Bonchev–Trinajstić information content (AvgIpc) is 3.10. The van der Waals surface area contributed by atoms with Gasteiger partial charge < -0.3 is 9.84 Å². The van der Waals surface area contributed by atoms with Crippen LogP contribution in [0.5, 0.6) is 0 Å². The van der Waals surface area contributed by atoms with Crippen LogP contribution in [-0.4, -0.2) is 22.2 Å². The third-order valence-corrected chi connectivity index (χ3v) is 7.06. The second kappa shape index (κ2) is 6.97. The highest BCUT2D eigenvalue weighted by Crippen LogP contribution is 2.48. The van der Waals surface area contributed by atoms with Gasteiger partial charge in [-0.2, -0.15) is 18.2 Å². The van der Waals surface area contributed by atoms with Gasteiger partial charge in [-0.05, 0) is 56.9 Å². The van der Waals surface area contributed by atoms with Crippen LogP contribution in [0.4, 0.5) is 18.2 Å². The summed E-state index contributed by atoms with van der Waals surface area (Å²) in [5.41, 5.74) is 2.13. The highest BCUT2D eigenvalue weighted by atomic mass is 32.1.